The van der Waals surface area contributed by atoms with Crippen molar-refractivity contribution in [2.45, 2.75) is 32.4 Å². The zero-order valence-electron chi connectivity index (χ0n) is 12.6. The molecule has 0 radical (unpaired) electrons. The van der Waals surface area contributed by atoms with Gasteiger partial charge < -0.3 is 14.4 Å². The molecule has 1 aromatic rings. The van der Waals surface area contributed by atoms with E-state index < -0.39 is 0 Å². The van der Waals surface area contributed by atoms with Gasteiger partial charge in [-0.25, -0.2) is 4.79 Å². The summed E-state index contributed by atoms with van der Waals surface area (Å²) in [6, 6.07) is 7.48. The average Bonchev–Trinajstić information content (AvgIpc) is 2.44. The summed E-state index contributed by atoms with van der Waals surface area (Å²) in [6.45, 7) is 5.26. The van der Waals surface area contributed by atoms with E-state index in [1.807, 2.05) is 0 Å². The number of esters is 1. The highest BCUT2D eigenvalue weighted by atomic mass is 16.5. The number of carbonyl (C=O) groups is 1. The minimum atomic E-state index is -0.249. The minimum Gasteiger partial charge on any atom is -0.497 e. The number of methoxy groups -OCH3 is 1. The first-order chi connectivity index (χ1) is 9.51. The van der Waals surface area contributed by atoms with Crippen molar-refractivity contribution in [2.24, 2.45) is 5.92 Å². The van der Waals surface area contributed by atoms with Crippen molar-refractivity contribution in [1.82, 2.24) is 4.90 Å². The molecule has 2 rings (SSSR count). The second-order valence-electron chi connectivity index (χ2n) is 5.67. The predicted octanol–water partition coefficient (Wildman–Crippen LogP) is 2.58. The molecule has 0 bridgehead atoms. The number of likely N-dealkylation sites (tertiary alicyclic amines) is 1. The summed E-state index contributed by atoms with van der Waals surface area (Å²) in [5, 5.41) is 0. The van der Waals surface area contributed by atoms with E-state index in [1.165, 1.54) is 0 Å². The number of benzene rings is 1. The number of hydrogen-bond donors (Lipinski definition) is 0. The average molecular weight is 277 g/mol. The van der Waals surface area contributed by atoms with E-state index in [2.05, 4.69) is 25.8 Å². The molecule has 0 spiro atoms. The number of piperidine rings is 1. The van der Waals surface area contributed by atoms with Gasteiger partial charge in [0.1, 0.15) is 11.9 Å². The fraction of sp³-hybridized carbons (Fsp3) is 0.562. The first-order valence-corrected chi connectivity index (χ1v) is 7.06. The first-order valence-electron chi connectivity index (χ1n) is 7.06. The van der Waals surface area contributed by atoms with Crippen LogP contribution in [0.15, 0.2) is 24.3 Å². The van der Waals surface area contributed by atoms with Crippen LogP contribution in [0.4, 0.5) is 0 Å². The van der Waals surface area contributed by atoms with Crippen molar-refractivity contribution in [3.05, 3.63) is 29.8 Å². The molecule has 1 aliphatic heterocycles. The van der Waals surface area contributed by atoms with Crippen molar-refractivity contribution in [3.8, 4) is 5.75 Å². The van der Waals surface area contributed by atoms with Gasteiger partial charge in [0.15, 0.2) is 0 Å². The van der Waals surface area contributed by atoms with Crippen LogP contribution in [0.5, 0.6) is 5.75 Å². The van der Waals surface area contributed by atoms with Crippen molar-refractivity contribution in [2.75, 3.05) is 20.7 Å². The normalized spacial score (nSPS) is 27.1. The lowest BCUT2D eigenvalue weighted by Gasteiger charge is -2.39. The zero-order valence-corrected chi connectivity index (χ0v) is 12.6. The Morgan fingerprint density at radius 1 is 1.25 bits per heavy atom. The van der Waals surface area contributed by atoms with Gasteiger partial charge in [-0.1, -0.05) is 6.92 Å². The molecule has 3 unspecified atom stereocenters. The fourth-order valence-corrected chi connectivity index (χ4v) is 2.60. The van der Waals surface area contributed by atoms with Gasteiger partial charge in [-0.3, -0.25) is 0 Å². The molecule has 0 amide bonds. The van der Waals surface area contributed by atoms with Crippen LogP contribution in [0, 0.1) is 5.92 Å². The summed E-state index contributed by atoms with van der Waals surface area (Å²) in [5.41, 5.74) is 0.574. The second kappa shape index (κ2) is 6.27. The van der Waals surface area contributed by atoms with Crippen molar-refractivity contribution in [3.63, 3.8) is 0 Å². The van der Waals surface area contributed by atoms with Crippen LogP contribution >= 0.6 is 0 Å². The Hall–Kier alpha value is -1.55. The SMILES string of the molecule is COc1ccc(C(=O)OC2CC(C)N(C)CC2C)cc1. The van der Waals surface area contributed by atoms with Crippen LogP contribution in [-0.4, -0.2) is 43.7 Å². The van der Waals surface area contributed by atoms with Gasteiger partial charge in [-0.15, -0.1) is 0 Å². The summed E-state index contributed by atoms with van der Waals surface area (Å²) in [4.78, 5) is 14.5. The molecule has 0 aliphatic carbocycles. The molecule has 1 saturated heterocycles. The van der Waals surface area contributed by atoms with Crippen LogP contribution < -0.4 is 4.74 Å². The van der Waals surface area contributed by atoms with Gasteiger partial charge in [-0.05, 0) is 44.7 Å². The lowest BCUT2D eigenvalue weighted by Crippen LogP contribution is -2.46. The first kappa shape index (κ1) is 14.9. The number of ether oxygens (including phenoxy) is 2. The van der Waals surface area contributed by atoms with E-state index in [1.54, 1.807) is 31.4 Å². The lowest BCUT2D eigenvalue weighted by molar-refractivity contribution is -0.0196. The Morgan fingerprint density at radius 2 is 1.90 bits per heavy atom. The summed E-state index contributed by atoms with van der Waals surface area (Å²) in [5.74, 6) is 0.850. The van der Waals surface area contributed by atoms with Gasteiger partial charge in [0.2, 0.25) is 0 Å². The molecule has 3 atom stereocenters. The molecule has 0 saturated carbocycles. The maximum Gasteiger partial charge on any atom is 0.338 e. The Kier molecular flexibility index (Phi) is 4.65. The minimum absolute atomic E-state index is 0.00389. The summed E-state index contributed by atoms with van der Waals surface area (Å²) in [6.07, 6.45) is 0.885. The van der Waals surface area contributed by atoms with Gasteiger partial charge in [0, 0.05) is 18.5 Å². The van der Waals surface area contributed by atoms with Crippen LogP contribution in [-0.2, 0) is 4.74 Å². The molecule has 1 fully saturated rings. The fourth-order valence-electron chi connectivity index (χ4n) is 2.60. The molecule has 4 heteroatoms. The highest BCUT2D eigenvalue weighted by Gasteiger charge is 2.31. The maximum absolute atomic E-state index is 12.2. The van der Waals surface area contributed by atoms with Crippen molar-refractivity contribution >= 4 is 5.97 Å². The molecule has 1 heterocycles. The molecule has 110 valence electrons. The summed E-state index contributed by atoms with van der Waals surface area (Å²) >= 11 is 0. The van der Waals surface area contributed by atoms with Crippen LogP contribution in [0.2, 0.25) is 0 Å². The van der Waals surface area contributed by atoms with E-state index in [0.717, 1.165) is 18.7 Å². The highest BCUT2D eigenvalue weighted by Crippen LogP contribution is 2.24. The third-order valence-corrected chi connectivity index (χ3v) is 4.12. The van der Waals surface area contributed by atoms with E-state index >= 15 is 0 Å². The number of carbonyl (C=O) groups excluding carboxylic acids is 1. The predicted molar refractivity (Wildman–Crippen MR) is 78.1 cm³/mol. The largest absolute Gasteiger partial charge is 0.497 e. The van der Waals surface area contributed by atoms with Gasteiger partial charge in [-0.2, -0.15) is 0 Å². The van der Waals surface area contributed by atoms with Crippen LogP contribution in [0.3, 0.4) is 0 Å². The highest BCUT2D eigenvalue weighted by molar-refractivity contribution is 5.89. The van der Waals surface area contributed by atoms with Gasteiger partial charge in [0.25, 0.3) is 0 Å². The second-order valence-corrected chi connectivity index (χ2v) is 5.67. The number of rotatable bonds is 3. The Labute approximate surface area is 120 Å². The molecule has 0 aromatic heterocycles. The maximum atomic E-state index is 12.2. The van der Waals surface area contributed by atoms with E-state index in [4.69, 9.17) is 9.47 Å². The van der Waals surface area contributed by atoms with Crippen LogP contribution in [0.1, 0.15) is 30.6 Å². The molecular weight excluding hydrogens is 254 g/mol. The third-order valence-electron chi connectivity index (χ3n) is 4.12. The third kappa shape index (κ3) is 3.31. The number of hydrogen-bond acceptors (Lipinski definition) is 4. The lowest BCUT2D eigenvalue weighted by atomic mass is 9.92. The summed E-state index contributed by atoms with van der Waals surface area (Å²) < 4.78 is 10.8. The van der Waals surface area contributed by atoms with Crippen LogP contribution in [0.25, 0.3) is 0 Å². The molecule has 1 aliphatic rings. The quantitative estimate of drug-likeness (QED) is 0.796. The monoisotopic (exact) mass is 277 g/mol. The van der Waals surface area contributed by atoms with E-state index in [9.17, 15) is 4.79 Å². The smallest absolute Gasteiger partial charge is 0.338 e. The van der Waals surface area contributed by atoms with E-state index in [-0.39, 0.29) is 12.1 Å². The van der Waals surface area contributed by atoms with Gasteiger partial charge >= 0.3 is 5.97 Å². The molecule has 0 N–H and O–H groups in total. The number of nitrogens with zero attached hydrogens (tertiary/aromatic N) is 1. The van der Waals surface area contributed by atoms with E-state index in [0.29, 0.717) is 17.5 Å². The standard InChI is InChI=1S/C16H23NO3/c1-11-10-17(3)12(2)9-15(11)20-16(18)13-5-7-14(19-4)8-6-13/h5-8,11-12,15H,9-10H2,1-4H3. The van der Waals surface area contributed by atoms with Gasteiger partial charge in [0.05, 0.1) is 12.7 Å². The molecule has 4 nitrogen and oxygen atoms in total. The summed E-state index contributed by atoms with van der Waals surface area (Å²) in [7, 11) is 3.72. The Morgan fingerprint density at radius 3 is 2.50 bits per heavy atom. The van der Waals surface area contributed by atoms with Crippen molar-refractivity contribution in [1.29, 1.82) is 0 Å². The van der Waals surface area contributed by atoms with Crippen molar-refractivity contribution < 1.29 is 14.3 Å². The topological polar surface area (TPSA) is 38.8 Å². The molecule has 20 heavy (non-hydrogen) atoms. The zero-order chi connectivity index (χ0) is 14.7. The Balaban J connectivity index is 1.99. The Bertz CT molecular complexity index is 457. The molecule has 1 aromatic carbocycles. The molecular formula is C16H23NO3.